The summed E-state index contributed by atoms with van der Waals surface area (Å²) in [5.74, 6) is -1.49. The van der Waals surface area contributed by atoms with Gasteiger partial charge in [-0.3, -0.25) is 10.1 Å². The fourth-order valence-corrected chi connectivity index (χ4v) is 3.66. The van der Waals surface area contributed by atoms with Gasteiger partial charge in [0, 0.05) is 30.6 Å². The Labute approximate surface area is 156 Å². The number of carboxylic acids is 1. The van der Waals surface area contributed by atoms with Crippen LogP contribution in [-0.4, -0.2) is 40.1 Å². The second kappa shape index (κ2) is 7.55. The van der Waals surface area contributed by atoms with E-state index in [-0.39, 0.29) is 13.0 Å². The van der Waals surface area contributed by atoms with E-state index >= 15 is 0 Å². The molecular weight excluding hydrogens is 383 g/mol. The predicted molar refractivity (Wildman–Crippen MR) is 92.7 cm³/mol. The van der Waals surface area contributed by atoms with Gasteiger partial charge in [-0.1, -0.05) is 18.2 Å². The zero-order valence-corrected chi connectivity index (χ0v) is 14.8. The highest BCUT2D eigenvalue weighted by molar-refractivity contribution is 7.15. The van der Waals surface area contributed by atoms with Crippen LogP contribution in [0.4, 0.5) is 23.1 Å². The molecule has 1 aromatic carbocycles. The number of nitrogens with one attached hydrogen (secondary N) is 1. The van der Waals surface area contributed by atoms with Crippen molar-refractivity contribution in [2.45, 2.75) is 19.0 Å². The summed E-state index contributed by atoms with van der Waals surface area (Å²) in [7, 11) is 0. The third-order valence-corrected chi connectivity index (χ3v) is 5.14. The van der Waals surface area contributed by atoms with Gasteiger partial charge in [-0.05, 0) is 18.1 Å². The number of hydrogen-bond donors (Lipinski definition) is 2. The molecule has 0 spiro atoms. The number of urea groups is 1. The maximum atomic E-state index is 12.8. The number of carbonyl (C=O) groups is 2. The van der Waals surface area contributed by atoms with Crippen molar-refractivity contribution >= 4 is 28.5 Å². The van der Waals surface area contributed by atoms with Crippen molar-refractivity contribution in [1.82, 2.24) is 9.88 Å². The van der Waals surface area contributed by atoms with Crippen LogP contribution in [0.3, 0.4) is 0 Å². The lowest BCUT2D eigenvalue weighted by Crippen LogP contribution is -2.33. The molecule has 0 bridgehead atoms. The summed E-state index contributed by atoms with van der Waals surface area (Å²) >= 11 is 1.17. The van der Waals surface area contributed by atoms with Crippen LogP contribution in [0.2, 0.25) is 0 Å². The number of benzene rings is 1. The molecule has 27 heavy (non-hydrogen) atoms. The van der Waals surface area contributed by atoms with Crippen LogP contribution >= 0.6 is 11.3 Å². The lowest BCUT2D eigenvalue weighted by Gasteiger charge is -2.15. The number of thiazole rings is 1. The lowest BCUT2D eigenvalue weighted by molar-refractivity contribution is -0.141. The van der Waals surface area contributed by atoms with E-state index in [4.69, 9.17) is 5.11 Å². The molecule has 1 atom stereocenters. The Bertz CT molecular complexity index is 853. The zero-order chi connectivity index (χ0) is 19.6. The standard InChI is InChI=1S/C17H16F3N3O3S/c18-17(19,20)12-3-1-2-10(6-12)7-13-8-21-15(27-13)22-16(26)23-5-4-11(9-23)14(24)25/h1-3,6,8,11H,4-5,7,9H2,(H,24,25)(H,21,22,26). The van der Waals surface area contributed by atoms with E-state index in [1.165, 1.54) is 28.5 Å². The first-order valence-corrected chi connectivity index (χ1v) is 8.93. The molecular formula is C17H16F3N3O3S. The molecule has 0 aliphatic carbocycles. The molecule has 1 saturated heterocycles. The van der Waals surface area contributed by atoms with Gasteiger partial charge in [-0.25, -0.2) is 9.78 Å². The molecule has 2 amide bonds. The maximum Gasteiger partial charge on any atom is 0.416 e. The highest BCUT2D eigenvalue weighted by Crippen LogP contribution is 2.30. The first-order valence-electron chi connectivity index (χ1n) is 8.12. The van der Waals surface area contributed by atoms with Crippen LogP contribution in [0, 0.1) is 5.92 Å². The SMILES string of the molecule is O=C(O)C1CCN(C(=O)Nc2ncc(Cc3cccc(C(F)(F)F)c3)s2)C1. The minimum atomic E-state index is -4.40. The summed E-state index contributed by atoms with van der Waals surface area (Å²) < 4.78 is 38.3. The van der Waals surface area contributed by atoms with Crippen LogP contribution in [0.15, 0.2) is 30.5 Å². The maximum absolute atomic E-state index is 12.8. The number of amides is 2. The largest absolute Gasteiger partial charge is 0.481 e. The van der Waals surface area contributed by atoms with E-state index in [0.717, 1.165) is 12.1 Å². The third-order valence-electron chi connectivity index (χ3n) is 4.22. The minimum Gasteiger partial charge on any atom is -0.481 e. The number of likely N-dealkylation sites (tertiary alicyclic amines) is 1. The Morgan fingerprint density at radius 1 is 1.37 bits per heavy atom. The minimum absolute atomic E-state index is 0.142. The molecule has 2 heterocycles. The van der Waals surface area contributed by atoms with E-state index in [2.05, 4.69) is 10.3 Å². The predicted octanol–water partition coefficient (Wildman–Crippen LogP) is 3.69. The zero-order valence-electron chi connectivity index (χ0n) is 14.0. The number of carboxylic acid groups (broad SMARTS) is 1. The average molecular weight is 399 g/mol. The molecule has 1 unspecified atom stereocenters. The third kappa shape index (κ3) is 4.76. The van der Waals surface area contributed by atoms with Gasteiger partial charge in [0.2, 0.25) is 0 Å². The van der Waals surface area contributed by atoms with Gasteiger partial charge >= 0.3 is 18.2 Å². The number of carbonyl (C=O) groups excluding carboxylic acids is 1. The molecule has 1 aliphatic rings. The molecule has 0 saturated carbocycles. The fraction of sp³-hybridized carbons (Fsp3) is 0.353. The van der Waals surface area contributed by atoms with Crippen molar-refractivity contribution in [3.63, 3.8) is 0 Å². The average Bonchev–Trinajstić information content (AvgIpc) is 3.24. The summed E-state index contributed by atoms with van der Waals surface area (Å²) in [4.78, 5) is 29.3. The Hall–Kier alpha value is -2.62. The van der Waals surface area contributed by atoms with Crippen molar-refractivity contribution in [2.75, 3.05) is 18.4 Å². The summed E-state index contributed by atoms with van der Waals surface area (Å²) in [5, 5.41) is 11.9. The molecule has 2 N–H and O–H groups in total. The number of aliphatic carboxylic acids is 1. The highest BCUT2D eigenvalue weighted by Gasteiger charge is 2.31. The second-order valence-electron chi connectivity index (χ2n) is 6.21. The number of alkyl halides is 3. The summed E-state index contributed by atoms with van der Waals surface area (Å²) in [5.41, 5.74) is -0.213. The van der Waals surface area contributed by atoms with E-state index in [0.29, 0.717) is 28.5 Å². The molecule has 10 heteroatoms. The van der Waals surface area contributed by atoms with Crippen LogP contribution in [0.5, 0.6) is 0 Å². The second-order valence-corrected chi connectivity index (χ2v) is 7.32. The molecule has 1 aromatic heterocycles. The monoisotopic (exact) mass is 399 g/mol. The normalized spacial score (nSPS) is 17.1. The van der Waals surface area contributed by atoms with Gasteiger partial charge in [0.15, 0.2) is 5.13 Å². The first-order chi connectivity index (χ1) is 12.7. The van der Waals surface area contributed by atoms with Gasteiger partial charge in [0.1, 0.15) is 0 Å². The Morgan fingerprint density at radius 3 is 2.81 bits per heavy atom. The van der Waals surface area contributed by atoms with Crippen molar-refractivity contribution in [2.24, 2.45) is 5.92 Å². The Morgan fingerprint density at radius 2 is 2.15 bits per heavy atom. The summed E-state index contributed by atoms with van der Waals surface area (Å²) in [6, 6.07) is 4.63. The summed E-state index contributed by atoms with van der Waals surface area (Å²) in [6.45, 7) is 0.495. The topological polar surface area (TPSA) is 82.5 Å². The molecule has 1 fully saturated rings. The molecule has 2 aromatic rings. The first kappa shape index (κ1) is 19.2. The molecule has 1 aliphatic heterocycles. The Kier molecular flexibility index (Phi) is 5.36. The van der Waals surface area contributed by atoms with Gasteiger partial charge in [-0.2, -0.15) is 13.2 Å². The quantitative estimate of drug-likeness (QED) is 0.822. The molecule has 144 valence electrons. The number of hydrogen-bond acceptors (Lipinski definition) is 4. The number of nitrogens with zero attached hydrogens (tertiary/aromatic N) is 2. The van der Waals surface area contributed by atoms with Crippen LogP contribution in [0.1, 0.15) is 22.4 Å². The van der Waals surface area contributed by atoms with Crippen molar-refractivity contribution < 1.29 is 27.9 Å². The number of anilines is 1. The number of halogens is 3. The van der Waals surface area contributed by atoms with Gasteiger partial charge < -0.3 is 10.0 Å². The van der Waals surface area contributed by atoms with Crippen molar-refractivity contribution in [1.29, 1.82) is 0 Å². The Balaban J connectivity index is 1.61. The fourth-order valence-electron chi connectivity index (χ4n) is 2.82. The van der Waals surface area contributed by atoms with E-state index in [1.807, 2.05) is 0 Å². The molecule has 0 radical (unpaired) electrons. The summed E-state index contributed by atoms with van der Waals surface area (Å²) in [6.07, 6.45) is -2.22. The highest BCUT2D eigenvalue weighted by atomic mass is 32.1. The van der Waals surface area contributed by atoms with Crippen LogP contribution in [-0.2, 0) is 17.4 Å². The number of rotatable bonds is 4. The van der Waals surface area contributed by atoms with Crippen molar-refractivity contribution in [3.05, 3.63) is 46.5 Å². The lowest BCUT2D eigenvalue weighted by atomic mass is 10.1. The van der Waals surface area contributed by atoms with Gasteiger partial charge in [0.05, 0.1) is 11.5 Å². The van der Waals surface area contributed by atoms with Crippen LogP contribution in [0.25, 0.3) is 0 Å². The van der Waals surface area contributed by atoms with Crippen molar-refractivity contribution in [3.8, 4) is 0 Å². The van der Waals surface area contributed by atoms with Gasteiger partial charge in [-0.15, -0.1) is 11.3 Å². The molecule has 6 nitrogen and oxygen atoms in total. The molecule has 3 rings (SSSR count). The smallest absolute Gasteiger partial charge is 0.416 e. The van der Waals surface area contributed by atoms with E-state index < -0.39 is 29.7 Å². The number of aromatic nitrogens is 1. The van der Waals surface area contributed by atoms with Crippen LogP contribution < -0.4 is 5.32 Å². The van der Waals surface area contributed by atoms with E-state index in [9.17, 15) is 22.8 Å². The van der Waals surface area contributed by atoms with E-state index in [1.54, 1.807) is 6.07 Å². The van der Waals surface area contributed by atoms with Gasteiger partial charge in [0.25, 0.3) is 0 Å².